The number of likely N-dealkylation sites (tertiary alicyclic amines) is 1. The Hall–Kier alpha value is -2.74. The number of amides is 2. The Balaban J connectivity index is 1.17. The van der Waals surface area contributed by atoms with Crippen LogP contribution in [0, 0.1) is 11.7 Å². The maximum atomic E-state index is 13.2. The molecule has 0 radical (unpaired) electrons. The van der Waals surface area contributed by atoms with Gasteiger partial charge in [-0.05, 0) is 43.4 Å². The highest BCUT2D eigenvalue weighted by Gasteiger charge is 2.32. The number of fused-ring (bicyclic) bond motifs is 1. The van der Waals surface area contributed by atoms with Crippen molar-refractivity contribution < 1.29 is 18.7 Å². The average Bonchev–Trinajstić information content (AvgIpc) is 3.28. The molecule has 1 saturated heterocycles. The van der Waals surface area contributed by atoms with Crippen LogP contribution >= 0.6 is 0 Å². The Morgan fingerprint density at radius 2 is 1.76 bits per heavy atom. The molecule has 176 valence electrons. The largest absolute Gasteiger partial charge is 0.365 e. The van der Waals surface area contributed by atoms with Gasteiger partial charge < -0.3 is 19.5 Å². The zero-order valence-electron chi connectivity index (χ0n) is 18.8. The van der Waals surface area contributed by atoms with Crippen molar-refractivity contribution in [2.24, 2.45) is 5.92 Å². The Bertz CT molecular complexity index is 992. The van der Waals surface area contributed by atoms with E-state index in [1.807, 2.05) is 4.57 Å². The molecule has 7 nitrogen and oxygen atoms in total. The molecule has 1 saturated carbocycles. The molecule has 1 atom stereocenters. The molecule has 5 rings (SSSR count). The highest BCUT2D eigenvalue weighted by molar-refractivity contribution is 5.93. The van der Waals surface area contributed by atoms with Crippen LogP contribution in [0.15, 0.2) is 30.6 Å². The third kappa shape index (κ3) is 4.81. The van der Waals surface area contributed by atoms with Crippen LogP contribution in [0.3, 0.4) is 0 Å². The van der Waals surface area contributed by atoms with Crippen molar-refractivity contribution in [1.82, 2.24) is 19.8 Å². The minimum absolute atomic E-state index is 0.0216. The van der Waals surface area contributed by atoms with Crippen LogP contribution in [0.4, 0.5) is 4.39 Å². The Morgan fingerprint density at radius 1 is 1.03 bits per heavy atom. The van der Waals surface area contributed by atoms with Gasteiger partial charge in [0, 0.05) is 25.0 Å². The number of hydrogen-bond acceptors (Lipinski definition) is 4. The molecule has 2 aromatic rings. The van der Waals surface area contributed by atoms with E-state index in [0.29, 0.717) is 44.2 Å². The van der Waals surface area contributed by atoms with E-state index < -0.39 is 0 Å². The number of rotatable bonds is 4. The summed E-state index contributed by atoms with van der Waals surface area (Å²) in [4.78, 5) is 32.0. The molecule has 33 heavy (non-hydrogen) atoms. The molecular formula is C25H31FN4O3. The fourth-order valence-corrected chi connectivity index (χ4v) is 5.25. The van der Waals surface area contributed by atoms with Gasteiger partial charge in [-0.2, -0.15) is 0 Å². The molecule has 0 bridgehead atoms. The molecule has 8 heteroatoms. The second-order valence-electron chi connectivity index (χ2n) is 9.45. The average molecular weight is 455 g/mol. The number of carbonyl (C=O) groups is 2. The van der Waals surface area contributed by atoms with Crippen LogP contribution in [0.25, 0.3) is 0 Å². The summed E-state index contributed by atoms with van der Waals surface area (Å²) < 4.78 is 21.1. The zero-order chi connectivity index (χ0) is 22.8. The van der Waals surface area contributed by atoms with Crippen molar-refractivity contribution in [2.45, 2.75) is 70.2 Å². The lowest BCUT2D eigenvalue weighted by Gasteiger charge is -2.33. The summed E-state index contributed by atoms with van der Waals surface area (Å²) in [6.07, 6.45) is 8.68. The summed E-state index contributed by atoms with van der Waals surface area (Å²) in [6.45, 7) is 1.94. The summed E-state index contributed by atoms with van der Waals surface area (Å²) in [5, 5.41) is 3.23. The lowest BCUT2D eigenvalue weighted by Crippen LogP contribution is -2.46. The van der Waals surface area contributed by atoms with E-state index in [-0.39, 0.29) is 36.3 Å². The van der Waals surface area contributed by atoms with Crippen molar-refractivity contribution >= 4 is 11.8 Å². The van der Waals surface area contributed by atoms with Gasteiger partial charge in [0.25, 0.3) is 5.91 Å². The topological polar surface area (TPSA) is 76.5 Å². The summed E-state index contributed by atoms with van der Waals surface area (Å²) in [5.41, 5.74) is 2.10. The molecule has 1 N–H and O–H groups in total. The molecule has 3 heterocycles. The fourth-order valence-electron chi connectivity index (χ4n) is 5.25. The summed E-state index contributed by atoms with van der Waals surface area (Å²) in [7, 11) is 0. The molecule has 2 aliphatic heterocycles. The molecule has 3 aliphatic rings. The van der Waals surface area contributed by atoms with Crippen LogP contribution < -0.4 is 5.32 Å². The van der Waals surface area contributed by atoms with Crippen LogP contribution in [0.5, 0.6) is 0 Å². The fraction of sp³-hybridized carbons (Fsp3) is 0.560. The van der Waals surface area contributed by atoms with Crippen LogP contribution in [0.1, 0.15) is 72.8 Å². The maximum absolute atomic E-state index is 13.2. The molecule has 2 fully saturated rings. The Morgan fingerprint density at radius 3 is 2.48 bits per heavy atom. The van der Waals surface area contributed by atoms with Gasteiger partial charge >= 0.3 is 0 Å². The highest BCUT2D eigenvalue weighted by Crippen LogP contribution is 2.29. The third-order valence-electron chi connectivity index (χ3n) is 7.28. The molecule has 0 spiro atoms. The number of carbonyl (C=O) groups excluding carboxylic acids is 2. The quantitative estimate of drug-likeness (QED) is 0.766. The van der Waals surface area contributed by atoms with Gasteiger partial charge in [-0.15, -0.1) is 0 Å². The Kier molecular flexibility index (Phi) is 6.44. The van der Waals surface area contributed by atoms with Crippen LogP contribution in [0.2, 0.25) is 0 Å². The normalized spacial score (nSPS) is 22.1. The van der Waals surface area contributed by atoms with Crippen molar-refractivity contribution in [2.75, 3.05) is 13.1 Å². The van der Waals surface area contributed by atoms with Crippen molar-refractivity contribution in [3.05, 3.63) is 53.4 Å². The first-order chi connectivity index (χ1) is 16.1. The highest BCUT2D eigenvalue weighted by atomic mass is 19.1. The second kappa shape index (κ2) is 9.63. The second-order valence-corrected chi connectivity index (χ2v) is 9.45. The van der Waals surface area contributed by atoms with Crippen molar-refractivity contribution in [3.8, 4) is 0 Å². The lowest BCUT2D eigenvalue weighted by molar-refractivity contribution is -0.127. The van der Waals surface area contributed by atoms with Crippen molar-refractivity contribution in [3.63, 3.8) is 0 Å². The number of benzene rings is 1. The monoisotopic (exact) mass is 454 g/mol. The third-order valence-corrected chi connectivity index (χ3v) is 7.28. The first kappa shape index (κ1) is 22.1. The lowest BCUT2D eigenvalue weighted by atomic mass is 9.92. The number of ether oxygens (including phenoxy) is 1. The molecule has 0 unspecified atom stereocenters. The van der Waals surface area contributed by atoms with E-state index in [9.17, 15) is 14.0 Å². The number of nitrogens with zero attached hydrogens (tertiary/aromatic N) is 3. The molecule has 2 amide bonds. The number of nitrogens with one attached hydrogen (secondary N) is 1. The van der Waals surface area contributed by atoms with E-state index in [1.165, 1.54) is 31.4 Å². The number of piperidine rings is 1. The van der Waals surface area contributed by atoms with Gasteiger partial charge in [0.05, 0.1) is 25.2 Å². The number of imidazole rings is 1. The predicted octanol–water partition coefficient (Wildman–Crippen LogP) is 3.59. The van der Waals surface area contributed by atoms with Crippen LogP contribution in [-0.2, 0) is 22.7 Å². The first-order valence-electron chi connectivity index (χ1n) is 12.1. The van der Waals surface area contributed by atoms with Crippen molar-refractivity contribution in [1.29, 1.82) is 0 Å². The minimum Gasteiger partial charge on any atom is -0.365 e. The van der Waals surface area contributed by atoms with E-state index in [0.717, 1.165) is 24.1 Å². The number of halogens is 1. The van der Waals surface area contributed by atoms with E-state index in [4.69, 9.17) is 4.74 Å². The SMILES string of the molecule is O=C(NC1CCCCC1)C1CCN(C(=O)c2ncn3c2CO[C@H](c2ccc(F)cc2)C3)CC1. The van der Waals surface area contributed by atoms with Gasteiger partial charge in [-0.25, -0.2) is 9.37 Å². The standard InChI is InChI=1S/C25H31FN4O3/c26-19-8-6-17(7-9-19)22-14-30-16-27-23(21(30)15-33-22)25(32)29-12-10-18(11-13-29)24(31)28-20-4-2-1-3-5-20/h6-9,16,18,20,22H,1-5,10-15H2,(H,28,31)/t22-/m0/s1. The van der Waals surface area contributed by atoms with E-state index >= 15 is 0 Å². The summed E-state index contributed by atoms with van der Waals surface area (Å²) in [6, 6.07) is 6.62. The van der Waals surface area contributed by atoms with Gasteiger partial charge in [0.2, 0.25) is 5.91 Å². The maximum Gasteiger partial charge on any atom is 0.274 e. The zero-order valence-corrected chi connectivity index (χ0v) is 18.8. The summed E-state index contributed by atoms with van der Waals surface area (Å²) >= 11 is 0. The van der Waals surface area contributed by atoms with Gasteiger partial charge in [-0.3, -0.25) is 9.59 Å². The number of aromatic nitrogens is 2. The van der Waals surface area contributed by atoms with Gasteiger partial charge in [0.15, 0.2) is 5.69 Å². The Labute approximate surface area is 193 Å². The van der Waals surface area contributed by atoms with Crippen LogP contribution in [-0.4, -0.2) is 45.4 Å². The summed E-state index contributed by atoms with van der Waals surface area (Å²) in [5.74, 6) is -0.250. The smallest absolute Gasteiger partial charge is 0.274 e. The van der Waals surface area contributed by atoms with E-state index in [1.54, 1.807) is 23.4 Å². The molecule has 1 aliphatic carbocycles. The van der Waals surface area contributed by atoms with E-state index in [2.05, 4.69) is 10.3 Å². The van der Waals surface area contributed by atoms with Gasteiger partial charge in [-0.1, -0.05) is 31.4 Å². The predicted molar refractivity (Wildman–Crippen MR) is 120 cm³/mol. The molecular weight excluding hydrogens is 423 g/mol. The molecule has 1 aromatic heterocycles. The number of hydrogen-bond donors (Lipinski definition) is 1. The minimum atomic E-state index is -0.277. The molecule has 1 aromatic carbocycles. The van der Waals surface area contributed by atoms with Gasteiger partial charge in [0.1, 0.15) is 11.9 Å². The first-order valence-corrected chi connectivity index (χ1v) is 12.1.